The van der Waals surface area contributed by atoms with Gasteiger partial charge in [-0.15, -0.1) is 10.2 Å². The van der Waals surface area contributed by atoms with Crippen LogP contribution in [0.4, 0.5) is 10.8 Å². The minimum absolute atomic E-state index is 0.0411. The van der Waals surface area contributed by atoms with Crippen LogP contribution >= 0.6 is 22.9 Å². The molecule has 0 aliphatic carbocycles. The molecule has 2 aromatic carbocycles. The minimum Gasteiger partial charge on any atom is -0.312 e. The number of aromatic nitrogens is 2. The average molecular weight is 439 g/mol. The third kappa shape index (κ3) is 4.58. The second-order valence-electron chi connectivity index (χ2n) is 7.03. The summed E-state index contributed by atoms with van der Waals surface area (Å²) in [5.41, 5.74) is 2.79. The van der Waals surface area contributed by atoms with Crippen LogP contribution in [0.25, 0.3) is 6.08 Å². The quantitative estimate of drug-likeness (QED) is 0.587. The highest BCUT2D eigenvalue weighted by molar-refractivity contribution is 7.15. The lowest BCUT2D eigenvalue weighted by Gasteiger charge is -2.16. The van der Waals surface area contributed by atoms with Gasteiger partial charge in [-0.2, -0.15) is 0 Å². The molecule has 0 spiro atoms. The van der Waals surface area contributed by atoms with Crippen LogP contribution in [0.5, 0.6) is 0 Å². The van der Waals surface area contributed by atoms with Crippen LogP contribution in [-0.2, 0) is 9.59 Å². The number of nitrogens with zero attached hydrogens (tertiary/aromatic N) is 3. The Morgan fingerprint density at radius 1 is 1.20 bits per heavy atom. The lowest BCUT2D eigenvalue weighted by atomic mass is 10.1. The van der Waals surface area contributed by atoms with Gasteiger partial charge in [0.2, 0.25) is 16.9 Å². The number of halogens is 1. The second-order valence-corrected chi connectivity index (χ2v) is 8.45. The molecule has 152 valence electrons. The van der Waals surface area contributed by atoms with Crippen molar-refractivity contribution in [3.63, 3.8) is 0 Å². The fourth-order valence-corrected chi connectivity index (χ4v) is 4.26. The number of carbonyl (C=O) groups is 2. The number of aryl methyl sites for hydroxylation is 1. The molecule has 2 heterocycles. The molecule has 1 saturated heterocycles. The first kappa shape index (κ1) is 20.3. The highest BCUT2D eigenvalue weighted by atomic mass is 35.5. The number of hydrogen-bond acceptors (Lipinski definition) is 5. The summed E-state index contributed by atoms with van der Waals surface area (Å²) in [5.74, 6) is -0.297. The Labute approximate surface area is 183 Å². The maximum atomic E-state index is 12.5. The predicted octanol–water partition coefficient (Wildman–Crippen LogP) is 4.67. The van der Waals surface area contributed by atoms with Gasteiger partial charge in [-0.25, -0.2) is 0 Å². The fourth-order valence-electron chi connectivity index (χ4n) is 3.22. The Bertz CT molecular complexity index is 1110. The summed E-state index contributed by atoms with van der Waals surface area (Å²) in [6.07, 6.45) is 3.43. The first-order chi connectivity index (χ1) is 14.5. The first-order valence-electron chi connectivity index (χ1n) is 9.43. The van der Waals surface area contributed by atoms with Gasteiger partial charge >= 0.3 is 0 Å². The number of anilines is 2. The lowest BCUT2D eigenvalue weighted by Crippen LogP contribution is -2.24. The van der Waals surface area contributed by atoms with Crippen molar-refractivity contribution in [2.24, 2.45) is 0 Å². The molecule has 1 aliphatic heterocycles. The lowest BCUT2D eigenvalue weighted by molar-refractivity contribution is -0.117. The molecule has 1 unspecified atom stereocenters. The molecule has 1 atom stereocenters. The number of hydrogen-bond donors (Lipinski definition) is 1. The van der Waals surface area contributed by atoms with Gasteiger partial charge in [-0.3, -0.25) is 14.9 Å². The average Bonchev–Trinajstić information content (AvgIpc) is 3.34. The van der Waals surface area contributed by atoms with Gasteiger partial charge in [0.1, 0.15) is 5.01 Å². The van der Waals surface area contributed by atoms with Crippen molar-refractivity contribution in [1.29, 1.82) is 0 Å². The molecule has 2 amide bonds. The van der Waals surface area contributed by atoms with Crippen molar-refractivity contribution < 1.29 is 9.59 Å². The summed E-state index contributed by atoms with van der Waals surface area (Å²) in [7, 11) is 0. The molecule has 4 rings (SSSR count). The van der Waals surface area contributed by atoms with E-state index in [0.29, 0.717) is 23.1 Å². The second kappa shape index (κ2) is 8.77. The molecule has 0 saturated carbocycles. The van der Waals surface area contributed by atoms with E-state index in [9.17, 15) is 9.59 Å². The summed E-state index contributed by atoms with van der Waals surface area (Å²) in [5, 5.41) is 12.7. The Morgan fingerprint density at radius 2 is 1.97 bits per heavy atom. The Kier molecular flexibility index (Phi) is 5.92. The van der Waals surface area contributed by atoms with Crippen molar-refractivity contribution in [3.8, 4) is 0 Å². The van der Waals surface area contributed by atoms with Crippen molar-refractivity contribution in [1.82, 2.24) is 10.2 Å². The molecule has 6 nitrogen and oxygen atoms in total. The van der Waals surface area contributed by atoms with Crippen LogP contribution in [-0.4, -0.2) is 28.6 Å². The highest BCUT2D eigenvalue weighted by Crippen LogP contribution is 2.34. The first-order valence-corrected chi connectivity index (χ1v) is 10.6. The molecule has 8 heteroatoms. The van der Waals surface area contributed by atoms with E-state index in [0.717, 1.165) is 21.8 Å². The summed E-state index contributed by atoms with van der Waals surface area (Å²) in [6.45, 7) is 2.57. The smallest absolute Gasteiger partial charge is 0.250 e. The number of rotatable bonds is 5. The summed E-state index contributed by atoms with van der Waals surface area (Å²) in [6, 6.07) is 15.2. The molecular formula is C22H19ClN4O2S. The Hall–Kier alpha value is -3.03. The van der Waals surface area contributed by atoms with E-state index in [1.165, 1.54) is 17.4 Å². The van der Waals surface area contributed by atoms with E-state index in [1.807, 2.05) is 49.4 Å². The van der Waals surface area contributed by atoms with E-state index in [1.54, 1.807) is 17.0 Å². The van der Waals surface area contributed by atoms with Crippen LogP contribution in [0, 0.1) is 6.92 Å². The summed E-state index contributed by atoms with van der Waals surface area (Å²) in [4.78, 5) is 26.4. The zero-order chi connectivity index (χ0) is 21.1. The SMILES string of the molecule is Cc1ccc(N2CC(c3nnc(NC(=O)/C=C/c4ccccc4Cl)s3)CC2=O)cc1. The van der Waals surface area contributed by atoms with E-state index < -0.39 is 0 Å². The van der Waals surface area contributed by atoms with Gasteiger partial charge < -0.3 is 4.90 Å². The fraction of sp³-hybridized carbons (Fsp3) is 0.182. The maximum Gasteiger partial charge on any atom is 0.250 e. The normalized spacial score (nSPS) is 16.4. The molecule has 1 aliphatic rings. The Balaban J connectivity index is 1.39. The minimum atomic E-state index is -0.318. The number of benzene rings is 2. The highest BCUT2D eigenvalue weighted by Gasteiger charge is 2.33. The van der Waals surface area contributed by atoms with Gasteiger partial charge in [0.25, 0.3) is 0 Å². The van der Waals surface area contributed by atoms with Gasteiger partial charge in [0.15, 0.2) is 0 Å². The number of amides is 2. The van der Waals surface area contributed by atoms with E-state index in [4.69, 9.17) is 11.6 Å². The van der Waals surface area contributed by atoms with E-state index in [-0.39, 0.29) is 17.7 Å². The van der Waals surface area contributed by atoms with Gasteiger partial charge in [-0.1, -0.05) is 58.8 Å². The van der Waals surface area contributed by atoms with Gasteiger partial charge in [-0.05, 0) is 36.8 Å². The van der Waals surface area contributed by atoms with Crippen LogP contribution in [0.2, 0.25) is 5.02 Å². The van der Waals surface area contributed by atoms with E-state index >= 15 is 0 Å². The zero-order valence-electron chi connectivity index (χ0n) is 16.2. The Morgan fingerprint density at radius 3 is 2.73 bits per heavy atom. The molecule has 1 N–H and O–H groups in total. The monoisotopic (exact) mass is 438 g/mol. The topological polar surface area (TPSA) is 75.2 Å². The molecule has 1 aromatic heterocycles. The molecule has 0 radical (unpaired) electrons. The largest absolute Gasteiger partial charge is 0.312 e. The molecule has 30 heavy (non-hydrogen) atoms. The van der Waals surface area contributed by atoms with Crippen molar-refractivity contribution >= 4 is 51.6 Å². The van der Waals surface area contributed by atoms with Gasteiger partial charge in [0.05, 0.1) is 0 Å². The summed E-state index contributed by atoms with van der Waals surface area (Å²) < 4.78 is 0. The van der Waals surface area contributed by atoms with Crippen LogP contribution in [0.3, 0.4) is 0 Å². The molecular weight excluding hydrogens is 420 g/mol. The number of carbonyl (C=O) groups excluding carboxylic acids is 2. The molecule has 1 fully saturated rings. The predicted molar refractivity (Wildman–Crippen MR) is 120 cm³/mol. The van der Waals surface area contributed by atoms with Crippen LogP contribution in [0.1, 0.15) is 28.5 Å². The van der Waals surface area contributed by atoms with Crippen molar-refractivity contribution in [3.05, 3.63) is 75.8 Å². The number of nitrogens with one attached hydrogen (secondary N) is 1. The van der Waals surface area contributed by atoms with Crippen molar-refractivity contribution in [2.45, 2.75) is 19.3 Å². The zero-order valence-corrected chi connectivity index (χ0v) is 17.8. The van der Waals surface area contributed by atoms with Crippen LogP contribution < -0.4 is 10.2 Å². The maximum absolute atomic E-state index is 12.5. The summed E-state index contributed by atoms with van der Waals surface area (Å²) >= 11 is 7.38. The molecule has 0 bridgehead atoms. The standard InChI is InChI=1S/C22H19ClN4O2S/c1-14-6-9-17(10-7-14)27-13-16(12-20(27)29)21-25-26-22(30-21)24-19(28)11-8-15-4-2-3-5-18(15)23/h2-11,16H,12-13H2,1H3,(H,24,26,28)/b11-8+. The van der Waals surface area contributed by atoms with Gasteiger partial charge in [0, 0.05) is 35.7 Å². The third-order valence-electron chi connectivity index (χ3n) is 4.81. The van der Waals surface area contributed by atoms with Crippen molar-refractivity contribution in [2.75, 3.05) is 16.8 Å². The third-order valence-corrected chi connectivity index (χ3v) is 6.16. The van der Waals surface area contributed by atoms with E-state index in [2.05, 4.69) is 15.5 Å². The molecule has 3 aromatic rings. The van der Waals surface area contributed by atoms with Crippen LogP contribution in [0.15, 0.2) is 54.6 Å².